The van der Waals surface area contributed by atoms with Crippen molar-refractivity contribution in [2.45, 2.75) is 18.9 Å². The van der Waals surface area contributed by atoms with Crippen LogP contribution in [0.15, 0.2) is 18.6 Å². The van der Waals surface area contributed by atoms with Crippen LogP contribution in [0, 0.1) is 17.2 Å². The first-order valence-corrected chi connectivity index (χ1v) is 6.15. The molecule has 3 N–H and O–H groups in total. The minimum atomic E-state index is -0.293. The lowest BCUT2D eigenvalue weighted by molar-refractivity contribution is 0.0660. The fraction of sp³-hybridized carbons (Fsp3) is 0.500. The lowest BCUT2D eigenvalue weighted by Crippen LogP contribution is -2.54. The van der Waals surface area contributed by atoms with Crippen molar-refractivity contribution in [2.75, 3.05) is 13.1 Å². The SMILES string of the molecule is N#CCC1CCN(NC(=O)c2cnccn2)CC1N. The molecule has 1 aliphatic rings. The Morgan fingerprint density at radius 3 is 3.11 bits per heavy atom. The number of carbonyl (C=O) groups is 1. The van der Waals surface area contributed by atoms with Crippen LogP contribution in [-0.2, 0) is 0 Å². The van der Waals surface area contributed by atoms with Crippen molar-refractivity contribution in [3.63, 3.8) is 0 Å². The molecule has 2 unspecified atom stereocenters. The second-order valence-corrected chi connectivity index (χ2v) is 4.55. The largest absolute Gasteiger partial charge is 0.326 e. The quantitative estimate of drug-likeness (QED) is 0.771. The summed E-state index contributed by atoms with van der Waals surface area (Å²) in [7, 11) is 0. The van der Waals surface area contributed by atoms with Gasteiger partial charge in [-0.05, 0) is 12.3 Å². The fourth-order valence-electron chi connectivity index (χ4n) is 2.12. The topological polar surface area (TPSA) is 108 Å². The molecule has 2 rings (SSSR count). The molecule has 0 aliphatic carbocycles. The molecule has 19 heavy (non-hydrogen) atoms. The molecule has 2 atom stereocenters. The average Bonchev–Trinajstić information content (AvgIpc) is 2.43. The second-order valence-electron chi connectivity index (χ2n) is 4.55. The Kier molecular flexibility index (Phi) is 4.39. The average molecular weight is 260 g/mol. The number of piperidine rings is 1. The summed E-state index contributed by atoms with van der Waals surface area (Å²) >= 11 is 0. The van der Waals surface area contributed by atoms with E-state index < -0.39 is 0 Å². The van der Waals surface area contributed by atoms with Crippen molar-refractivity contribution < 1.29 is 4.79 Å². The third kappa shape index (κ3) is 3.47. The summed E-state index contributed by atoms with van der Waals surface area (Å²) in [6.45, 7) is 1.23. The van der Waals surface area contributed by atoms with E-state index >= 15 is 0 Å². The number of aromatic nitrogens is 2. The molecule has 7 nitrogen and oxygen atoms in total. The van der Waals surface area contributed by atoms with Crippen LogP contribution in [0.3, 0.4) is 0 Å². The first kappa shape index (κ1) is 13.4. The number of nitriles is 1. The summed E-state index contributed by atoms with van der Waals surface area (Å²) < 4.78 is 0. The van der Waals surface area contributed by atoms with Crippen LogP contribution in [0.25, 0.3) is 0 Å². The number of rotatable bonds is 3. The number of nitrogens with one attached hydrogen (secondary N) is 1. The molecular formula is C12H16N6O. The van der Waals surface area contributed by atoms with Gasteiger partial charge in [-0.25, -0.2) is 9.99 Å². The predicted molar refractivity (Wildman–Crippen MR) is 67.4 cm³/mol. The Balaban J connectivity index is 1.88. The maximum Gasteiger partial charge on any atom is 0.285 e. The standard InChI is InChI=1S/C12H16N6O/c13-3-1-9-2-6-18(8-10(9)14)17-12(19)11-7-15-4-5-16-11/h4-5,7,9-10H,1-2,6,8,14H2,(H,17,19). The molecule has 1 fully saturated rings. The summed E-state index contributed by atoms with van der Waals surface area (Å²) in [5.74, 6) is -0.0892. The monoisotopic (exact) mass is 260 g/mol. The highest BCUT2D eigenvalue weighted by atomic mass is 16.2. The van der Waals surface area contributed by atoms with Gasteiger partial charge in [-0.1, -0.05) is 0 Å². The number of nitrogens with two attached hydrogens (primary N) is 1. The van der Waals surface area contributed by atoms with Gasteiger partial charge in [0.2, 0.25) is 0 Å². The molecule has 7 heteroatoms. The summed E-state index contributed by atoms with van der Waals surface area (Å²) in [5.41, 5.74) is 9.03. The number of hydrogen-bond donors (Lipinski definition) is 2. The van der Waals surface area contributed by atoms with Gasteiger partial charge in [0.25, 0.3) is 5.91 Å². The zero-order valence-corrected chi connectivity index (χ0v) is 10.5. The molecule has 2 heterocycles. The van der Waals surface area contributed by atoms with E-state index in [2.05, 4.69) is 21.5 Å². The van der Waals surface area contributed by atoms with Gasteiger partial charge in [-0.15, -0.1) is 0 Å². The minimum Gasteiger partial charge on any atom is -0.326 e. The van der Waals surface area contributed by atoms with E-state index in [-0.39, 0.29) is 23.6 Å². The maximum absolute atomic E-state index is 11.9. The summed E-state index contributed by atoms with van der Waals surface area (Å²) in [6, 6.07) is 2.04. The lowest BCUT2D eigenvalue weighted by Gasteiger charge is -2.35. The molecule has 0 spiro atoms. The first-order chi connectivity index (χ1) is 9.20. The van der Waals surface area contributed by atoms with Crippen molar-refractivity contribution in [3.8, 4) is 6.07 Å². The maximum atomic E-state index is 11.9. The Bertz CT molecular complexity index is 471. The number of carbonyl (C=O) groups excluding carboxylic acids is 1. The number of amides is 1. The molecule has 0 radical (unpaired) electrons. The van der Waals surface area contributed by atoms with Crippen LogP contribution in [0.4, 0.5) is 0 Å². The van der Waals surface area contributed by atoms with E-state index in [1.807, 2.05) is 0 Å². The molecule has 0 saturated carbocycles. The van der Waals surface area contributed by atoms with Gasteiger partial charge in [0.15, 0.2) is 0 Å². The molecule has 0 aromatic carbocycles. The van der Waals surface area contributed by atoms with Gasteiger partial charge in [-0.3, -0.25) is 15.2 Å². The van der Waals surface area contributed by atoms with Gasteiger partial charge in [-0.2, -0.15) is 5.26 Å². The van der Waals surface area contributed by atoms with Crippen LogP contribution >= 0.6 is 0 Å². The van der Waals surface area contributed by atoms with Crippen molar-refractivity contribution in [1.82, 2.24) is 20.4 Å². The van der Waals surface area contributed by atoms with E-state index in [1.54, 1.807) is 5.01 Å². The minimum absolute atomic E-state index is 0.101. The zero-order valence-electron chi connectivity index (χ0n) is 10.5. The van der Waals surface area contributed by atoms with E-state index in [0.717, 1.165) is 6.42 Å². The van der Waals surface area contributed by atoms with Crippen molar-refractivity contribution in [3.05, 3.63) is 24.3 Å². The molecule has 1 amide bonds. The van der Waals surface area contributed by atoms with Gasteiger partial charge in [0.05, 0.1) is 12.3 Å². The predicted octanol–water partition coefficient (Wildman–Crippen LogP) is -0.316. The van der Waals surface area contributed by atoms with Crippen LogP contribution < -0.4 is 11.2 Å². The van der Waals surface area contributed by atoms with Crippen molar-refractivity contribution >= 4 is 5.91 Å². The van der Waals surface area contributed by atoms with Crippen molar-refractivity contribution in [1.29, 1.82) is 5.26 Å². The van der Waals surface area contributed by atoms with Crippen LogP contribution in [0.5, 0.6) is 0 Å². The molecule has 0 bridgehead atoms. The Hall–Kier alpha value is -2.04. The molecule has 1 saturated heterocycles. The molecule has 1 aliphatic heterocycles. The number of hydrazine groups is 1. The summed E-state index contributed by atoms with van der Waals surface area (Å²) in [4.78, 5) is 19.7. The number of nitrogens with zero attached hydrogens (tertiary/aromatic N) is 4. The third-order valence-corrected chi connectivity index (χ3v) is 3.22. The normalized spacial score (nSPS) is 23.6. The van der Waals surface area contributed by atoms with Crippen LogP contribution in [0.2, 0.25) is 0 Å². The molecule has 100 valence electrons. The highest BCUT2D eigenvalue weighted by Crippen LogP contribution is 2.18. The molecule has 1 aromatic rings. The number of hydrogen-bond acceptors (Lipinski definition) is 6. The van der Waals surface area contributed by atoms with Gasteiger partial charge >= 0.3 is 0 Å². The summed E-state index contributed by atoms with van der Waals surface area (Å²) in [5, 5.41) is 10.5. The smallest absolute Gasteiger partial charge is 0.285 e. The van der Waals surface area contributed by atoms with E-state index in [0.29, 0.717) is 19.5 Å². The Morgan fingerprint density at radius 1 is 1.63 bits per heavy atom. The van der Waals surface area contributed by atoms with E-state index in [9.17, 15) is 4.79 Å². The zero-order chi connectivity index (χ0) is 13.7. The van der Waals surface area contributed by atoms with E-state index in [1.165, 1.54) is 18.6 Å². The second kappa shape index (κ2) is 6.22. The molecule has 1 aromatic heterocycles. The van der Waals surface area contributed by atoms with Gasteiger partial charge in [0.1, 0.15) is 5.69 Å². The van der Waals surface area contributed by atoms with E-state index in [4.69, 9.17) is 11.0 Å². The highest BCUT2D eigenvalue weighted by molar-refractivity contribution is 5.91. The Labute approximate surface area is 111 Å². The van der Waals surface area contributed by atoms with Crippen LogP contribution in [-0.4, -0.2) is 40.0 Å². The fourth-order valence-corrected chi connectivity index (χ4v) is 2.12. The summed E-state index contributed by atoms with van der Waals surface area (Å²) in [6.07, 6.45) is 5.67. The third-order valence-electron chi connectivity index (χ3n) is 3.22. The van der Waals surface area contributed by atoms with Gasteiger partial charge in [0, 0.05) is 37.9 Å². The molecular weight excluding hydrogens is 244 g/mol. The van der Waals surface area contributed by atoms with Crippen LogP contribution in [0.1, 0.15) is 23.3 Å². The highest BCUT2D eigenvalue weighted by Gasteiger charge is 2.27. The lowest BCUT2D eigenvalue weighted by atomic mass is 9.90. The van der Waals surface area contributed by atoms with Crippen molar-refractivity contribution in [2.24, 2.45) is 11.7 Å². The Morgan fingerprint density at radius 2 is 2.47 bits per heavy atom. The van der Waals surface area contributed by atoms with Gasteiger partial charge < -0.3 is 5.73 Å². The first-order valence-electron chi connectivity index (χ1n) is 6.15.